The van der Waals surface area contributed by atoms with Crippen molar-refractivity contribution in [2.75, 3.05) is 19.7 Å². The molecule has 0 aliphatic carbocycles. The smallest absolute Gasteiger partial charge is 0.275 e. The number of amides is 1. The van der Waals surface area contributed by atoms with Gasteiger partial charge in [0, 0.05) is 11.9 Å². The fraction of sp³-hybridized carbons (Fsp3) is 0.348. The van der Waals surface area contributed by atoms with E-state index in [9.17, 15) is 9.59 Å². The van der Waals surface area contributed by atoms with Crippen molar-refractivity contribution in [3.63, 3.8) is 0 Å². The number of ether oxygens (including phenoxy) is 2. The molecule has 4 rings (SSSR count). The van der Waals surface area contributed by atoms with Crippen LogP contribution in [0.15, 0.2) is 53.3 Å². The summed E-state index contributed by atoms with van der Waals surface area (Å²) in [4.78, 5) is 27.9. The Morgan fingerprint density at radius 1 is 1.13 bits per heavy atom. The van der Waals surface area contributed by atoms with Crippen LogP contribution in [-0.4, -0.2) is 46.4 Å². The summed E-state index contributed by atoms with van der Waals surface area (Å²) in [6.07, 6.45) is -0.286. The fourth-order valence-electron chi connectivity index (χ4n) is 3.62. The zero-order valence-electron chi connectivity index (χ0n) is 17.4. The predicted octanol–water partition coefficient (Wildman–Crippen LogP) is 3.28. The van der Waals surface area contributed by atoms with E-state index in [0.29, 0.717) is 42.0 Å². The third-order valence-electron chi connectivity index (χ3n) is 5.18. The maximum atomic E-state index is 13.4. The van der Waals surface area contributed by atoms with Crippen molar-refractivity contribution in [2.24, 2.45) is 0 Å². The van der Waals surface area contributed by atoms with E-state index in [-0.39, 0.29) is 29.3 Å². The molecule has 1 unspecified atom stereocenters. The first-order chi connectivity index (χ1) is 14.5. The molecular formula is C23H25N3O4. The molecule has 1 aliphatic rings. The highest BCUT2D eigenvalue weighted by molar-refractivity contribution is 6.04. The Hall–Kier alpha value is -3.35. The minimum Gasteiger partial charge on any atom is -0.486 e. The number of para-hydroxylation sites is 2. The molecule has 7 nitrogen and oxygen atoms in total. The Kier molecular flexibility index (Phi) is 5.44. The summed E-state index contributed by atoms with van der Waals surface area (Å²) in [5.41, 5.74) is 0.0821. The lowest BCUT2D eigenvalue weighted by Gasteiger charge is -2.31. The van der Waals surface area contributed by atoms with Gasteiger partial charge in [0.15, 0.2) is 23.3 Å². The minimum absolute atomic E-state index is 0.157. The zero-order valence-corrected chi connectivity index (χ0v) is 17.4. The average Bonchev–Trinajstić information content (AvgIpc) is 2.77. The first-order valence-corrected chi connectivity index (χ1v) is 10.2. The van der Waals surface area contributed by atoms with Crippen LogP contribution in [0.25, 0.3) is 10.8 Å². The lowest BCUT2D eigenvalue weighted by atomic mass is 10.1. The maximum Gasteiger partial charge on any atom is 0.275 e. The first kappa shape index (κ1) is 19.9. The molecule has 0 radical (unpaired) electrons. The number of hydrogen-bond donors (Lipinski definition) is 0. The number of hydrogen-bond acceptors (Lipinski definition) is 5. The van der Waals surface area contributed by atoms with Crippen LogP contribution in [0.1, 0.15) is 37.3 Å². The van der Waals surface area contributed by atoms with Gasteiger partial charge in [-0.1, -0.05) is 30.3 Å². The van der Waals surface area contributed by atoms with Crippen LogP contribution >= 0.6 is 0 Å². The van der Waals surface area contributed by atoms with Crippen molar-refractivity contribution in [1.82, 2.24) is 14.7 Å². The Bertz CT molecular complexity index is 1140. The van der Waals surface area contributed by atoms with Gasteiger partial charge < -0.3 is 14.4 Å². The van der Waals surface area contributed by atoms with Gasteiger partial charge in [-0.05, 0) is 39.0 Å². The van der Waals surface area contributed by atoms with Gasteiger partial charge in [0.25, 0.3) is 11.5 Å². The number of likely N-dealkylation sites (N-methyl/N-ethyl adjacent to an activating group) is 1. The molecule has 156 valence electrons. The largest absolute Gasteiger partial charge is 0.486 e. The Labute approximate surface area is 174 Å². The molecule has 3 aromatic rings. The second-order valence-corrected chi connectivity index (χ2v) is 7.58. The SMILES string of the molecule is CCN(CC1COc2ccccc2O1)C(=O)c1nn(C(C)C)c(=O)c2ccccc12. The van der Waals surface area contributed by atoms with Gasteiger partial charge in [0.1, 0.15) is 6.61 Å². The fourth-order valence-corrected chi connectivity index (χ4v) is 3.62. The number of rotatable bonds is 5. The molecule has 1 aliphatic heterocycles. The van der Waals surface area contributed by atoms with Gasteiger partial charge in [-0.15, -0.1) is 0 Å². The number of benzene rings is 2. The summed E-state index contributed by atoms with van der Waals surface area (Å²) in [6.45, 7) is 6.87. The van der Waals surface area contributed by atoms with Crippen molar-refractivity contribution < 1.29 is 14.3 Å². The molecule has 30 heavy (non-hydrogen) atoms. The molecule has 0 fully saturated rings. The molecule has 1 atom stereocenters. The second kappa shape index (κ2) is 8.18. The van der Waals surface area contributed by atoms with Gasteiger partial charge in [-0.3, -0.25) is 9.59 Å². The summed E-state index contributed by atoms with van der Waals surface area (Å²) in [6, 6.07) is 14.5. The van der Waals surface area contributed by atoms with E-state index in [2.05, 4.69) is 5.10 Å². The van der Waals surface area contributed by atoms with Crippen LogP contribution in [0.4, 0.5) is 0 Å². The van der Waals surface area contributed by atoms with E-state index in [4.69, 9.17) is 9.47 Å². The van der Waals surface area contributed by atoms with Crippen LogP contribution < -0.4 is 15.0 Å². The standard InChI is InChI=1S/C23H25N3O4/c1-4-25(13-16-14-29-19-11-7-8-12-20(19)30-16)23(28)21-17-9-5-6-10-18(17)22(27)26(24-21)15(2)3/h5-12,15-16H,4,13-14H2,1-3H3. The Morgan fingerprint density at radius 3 is 2.50 bits per heavy atom. The van der Waals surface area contributed by atoms with Crippen molar-refractivity contribution in [3.05, 3.63) is 64.6 Å². The highest BCUT2D eigenvalue weighted by Crippen LogP contribution is 2.31. The summed E-state index contributed by atoms with van der Waals surface area (Å²) < 4.78 is 13.2. The van der Waals surface area contributed by atoms with Crippen LogP contribution in [-0.2, 0) is 0 Å². The van der Waals surface area contributed by atoms with Crippen molar-refractivity contribution >= 4 is 16.7 Å². The number of carbonyl (C=O) groups is 1. The van der Waals surface area contributed by atoms with Gasteiger partial charge >= 0.3 is 0 Å². The summed E-state index contributed by atoms with van der Waals surface area (Å²) >= 11 is 0. The molecule has 2 heterocycles. The molecule has 7 heteroatoms. The summed E-state index contributed by atoms with van der Waals surface area (Å²) in [7, 11) is 0. The molecule has 0 saturated heterocycles. The third-order valence-corrected chi connectivity index (χ3v) is 5.18. The van der Waals surface area contributed by atoms with Crippen LogP contribution in [0, 0.1) is 0 Å². The van der Waals surface area contributed by atoms with E-state index >= 15 is 0 Å². The Morgan fingerprint density at radius 2 is 1.80 bits per heavy atom. The molecule has 1 amide bonds. The molecule has 0 saturated carbocycles. The topological polar surface area (TPSA) is 73.7 Å². The number of aromatic nitrogens is 2. The number of carbonyl (C=O) groups excluding carboxylic acids is 1. The number of fused-ring (bicyclic) bond motifs is 2. The summed E-state index contributed by atoms with van der Waals surface area (Å²) in [5, 5.41) is 5.49. The molecule has 2 aromatic carbocycles. The highest BCUT2D eigenvalue weighted by Gasteiger charge is 2.27. The van der Waals surface area contributed by atoms with Gasteiger partial charge in [0.2, 0.25) is 0 Å². The normalized spacial score (nSPS) is 15.4. The average molecular weight is 407 g/mol. The van der Waals surface area contributed by atoms with Crippen LogP contribution in [0.3, 0.4) is 0 Å². The lowest BCUT2D eigenvalue weighted by Crippen LogP contribution is -2.44. The van der Waals surface area contributed by atoms with E-state index in [1.54, 1.807) is 23.1 Å². The van der Waals surface area contributed by atoms with Crippen molar-refractivity contribution in [1.29, 1.82) is 0 Å². The first-order valence-electron chi connectivity index (χ1n) is 10.2. The second-order valence-electron chi connectivity index (χ2n) is 7.58. The van der Waals surface area contributed by atoms with E-state index in [0.717, 1.165) is 0 Å². The van der Waals surface area contributed by atoms with Crippen molar-refractivity contribution in [3.8, 4) is 11.5 Å². The predicted molar refractivity (Wildman–Crippen MR) is 114 cm³/mol. The van der Waals surface area contributed by atoms with Crippen LogP contribution in [0.5, 0.6) is 11.5 Å². The van der Waals surface area contributed by atoms with Crippen molar-refractivity contribution in [2.45, 2.75) is 32.9 Å². The highest BCUT2D eigenvalue weighted by atomic mass is 16.6. The maximum absolute atomic E-state index is 13.4. The zero-order chi connectivity index (χ0) is 21.3. The minimum atomic E-state index is -0.286. The van der Waals surface area contributed by atoms with E-state index in [1.807, 2.05) is 51.1 Å². The van der Waals surface area contributed by atoms with Gasteiger partial charge in [-0.25, -0.2) is 4.68 Å². The molecule has 1 aromatic heterocycles. The monoisotopic (exact) mass is 407 g/mol. The molecular weight excluding hydrogens is 382 g/mol. The molecule has 0 spiro atoms. The lowest BCUT2D eigenvalue weighted by molar-refractivity contribution is 0.0471. The molecule has 0 N–H and O–H groups in total. The molecule has 0 bridgehead atoms. The van der Waals surface area contributed by atoms with Crippen LogP contribution in [0.2, 0.25) is 0 Å². The summed E-state index contributed by atoms with van der Waals surface area (Å²) in [5.74, 6) is 1.15. The quantitative estimate of drug-likeness (QED) is 0.649. The number of nitrogens with zero attached hydrogens (tertiary/aromatic N) is 3. The van der Waals surface area contributed by atoms with Gasteiger partial charge in [-0.2, -0.15) is 5.10 Å². The third kappa shape index (κ3) is 3.63. The Balaban J connectivity index is 1.65. The van der Waals surface area contributed by atoms with E-state index < -0.39 is 0 Å². The van der Waals surface area contributed by atoms with E-state index in [1.165, 1.54) is 4.68 Å². The van der Waals surface area contributed by atoms with Gasteiger partial charge in [0.05, 0.1) is 18.0 Å².